The summed E-state index contributed by atoms with van der Waals surface area (Å²) in [4.78, 5) is 11.6. The Labute approximate surface area is 113 Å². The van der Waals surface area contributed by atoms with Gasteiger partial charge in [-0.1, -0.05) is 26.0 Å². The van der Waals surface area contributed by atoms with Gasteiger partial charge in [-0.05, 0) is 29.5 Å². The van der Waals surface area contributed by atoms with Gasteiger partial charge in [0.1, 0.15) is 5.82 Å². The maximum Gasteiger partial charge on any atom is 0.315 e. The van der Waals surface area contributed by atoms with Gasteiger partial charge in [0.25, 0.3) is 0 Å². The molecule has 0 aliphatic heterocycles. The van der Waals surface area contributed by atoms with Crippen LogP contribution in [0.15, 0.2) is 24.3 Å². The maximum absolute atomic E-state index is 12.9. The van der Waals surface area contributed by atoms with Crippen LogP contribution in [0.3, 0.4) is 0 Å². The number of carbonyl (C=O) groups excluding carboxylic acids is 1. The van der Waals surface area contributed by atoms with Crippen LogP contribution in [0.1, 0.15) is 25.8 Å². The number of aliphatic hydroxyl groups is 1. The van der Waals surface area contributed by atoms with Crippen LogP contribution in [-0.2, 0) is 6.54 Å². The normalized spacial score (nSPS) is 11.2. The number of hydrogen-bond donors (Lipinski definition) is 3. The number of hydrogen-bond acceptors (Lipinski definition) is 2. The molecule has 0 aromatic heterocycles. The lowest BCUT2D eigenvalue weighted by Gasteiger charge is -2.23. The molecular formula is C14H21FN2O2. The van der Waals surface area contributed by atoms with Crippen LogP contribution in [0.4, 0.5) is 9.18 Å². The molecule has 1 aromatic rings. The van der Waals surface area contributed by atoms with E-state index in [0.717, 1.165) is 0 Å². The van der Waals surface area contributed by atoms with Crippen molar-refractivity contribution >= 4 is 6.03 Å². The van der Waals surface area contributed by atoms with Crippen LogP contribution in [0.25, 0.3) is 0 Å². The van der Waals surface area contributed by atoms with Crippen molar-refractivity contribution in [1.82, 2.24) is 10.6 Å². The molecule has 0 atom stereocenters. The fourth-order valence-corrected chi connectivity index (χ4v) is 1.60. The highest BCUT2D eigenvalue weighted by atomic mass is 19.1. The average molecular weight is 268 g/mol. The SMILES string of the molecule is CC(C)(CCO)CNC(=O)NCc1cccc(F)c1. The molecule has 3 N–H and O–H groups in total. The predicted molar refractivity (Wildman–Crippen MR) is 72.1 cm³/mol. The molecule has 0 heterocycles. The van der Waals surface area contributed by atoms with Gasteiger partial charge < -0.3 is 15.7 Å². The molecule has 0 radical (unpaired) electrons. The second-order valence-electron chi connectivity index (χ2n) is 5.30. The van der Waals surface area contributed by atoms with E-state index < -0.39 is 0 Å². The Bertz CT molecular complexity index is 422. The second-order valence-corrected chi connectivity index (χ2v) is 5.30. The van der Waals surface area contributed by atoms with Gasteiger partial charge in [-0.3, -0.25) is 0 Å². The summed E-state index contributed by atoms with van der Waals surface area (Å²) in [6.45, 7) is 4.79. The lowest BCUT2D eigenvalue weighted by molar-refractivity contribution is 0.201. The van der Waals surface area contributed by atoms with Gasteiger partial charge in [-0.15, -0.1) is 0 Å². The van der Waals surface area contributed by atoms with E-state index in [1.165, 1.54) is 12.1 Å². The molecule has 5 heteroatoms. The van der Waals surface area contributed by atoms with E-state index in [-0.39, 0.29) is 30.4 Å². The molecule has 0 aliphatic carbocycles. The third-order valence-electron chi connectivity index (χ3n) is 2.86. The number of amides is 2. The monoisotopic (exact) mass is 268 g/mol. The number of halogens is 1. The van der Waals surface area contributed by atoms with E-state index in [2.05, 4.69) is 10.6 Å². The molecule has 4 nitrogen and oxygen atoms in total. The van der Waals surface area contributed by atoms with Gasteiger partial charge in [-0.25, -0.2) is 9.18 Å². The molecule has 0 aliphatic rings. The number of aliphatic hydroxyl groups excluding tert-OH is 1. The van der Waals surface area contributed by atoms with Crippen molar-refractivity contribution < 1.29 is 14.3 Å². The highest BCUT2D eigenvalue weighted by molar-refractivity contribution is 5.73. The Kier molecular flexibility index (Phi) is 5.76. The van der Waals surface area contributed by atoms with E-state index in [4.69, 9.17) is 5.11 Å². The number of rotatable bonds is 6. The third-order valence-corrected chi connectivity index (χ3v) is 2.86. The van der Waals surface area contributed by atoms with Crippen LogP contribution in [0, 0.1) is 11.2 Å². The highest BCUT2D eigenvalue weighted by Crippen LogP contribution is 2.17. The molecule has 0 fully saturated rings. The number of carbonyl (C=O) groups is 1. The van der Waals surface area contributed by atoms with Crippen molar-refractivity contribution in [3.05, 3.63) is 35.6 Å². The topological polar surface area (TPSA) is 61.4 Å². The Hall–Kier alpha value is -1.62. The Morgan fingerprint density at radius 1 is 1.37 bits per heavy atom. The summed E-state index contributed by atoms with van der Waals surface area (Å²) < 4.78 is 12.9. The van der Waals surface area contributed by atoms with Gasteiger partial charge in [0, 0.05) is 19.7 Å². The second kappa shape index (κ2) is 7.09. The molecule has 0 saturated carbocycles. The van der Waals surface area contributed by atoms with Crippen molar-refractivity contribution in [2.75, 3.05) is 13.2 Å². The Balaban J connectivity index is 2.32. The lowest BCUT2D eigenvalue weighted by Crippen LogP contribution is -2.40. The molecule has 0 bridgehead atoms. The number of urea groups is 1. The Morgan fingerprint density at radius 2 is 2.11 bits per heavy atom. The maximum atomic E-state index is 12.9. The van der Waals surface area contributed by atoms with Gasteiger partial charge in [0.15, 0.2) is 0 Å². The Morgan fingerprint density at radius 3 is 2.74 bits per heavy atom. The first-order valence-corrected chi connectivity index (χ1v) is 6.30. The first kappa shape index (κ1) is 15.4. The molecule has 0 saturated heterocycles. The van der Waals surface area contributed by atoms with Crippen LogP contribution < -0.4 is 10.6 Å². The number of nitrogens with one attached hydrogen (secondary N) is 2. The standard InChI is InChI=1S/C14H21FN2O2/c1-14(2,6-7-18)10-17-13(19)16-9-11-4-3-5-12(15)8-11/h3-5,8,18H,6-7,9-10H2,1-2H3,(H2,16,17,19). The van der Waals surface area contributed by atoms with E-state index in [0.29, 0.717) is 18.5 Å². The van der Waals surface area contributed by atoms with E-state index in [1.54, 1.807) is 12.1 Å². The summed E-state index contributed by atoms with van der Waals surface area (Å²) in [5.41, 5.74) is 0.565. The summed E-state index contributed by atoms with van der Waals surface area (Å²) >= 11 is 0. The smallest absolute Gasteiger partial charge is 0.315 e. The summed E-state index contributed by atoms with van der Waals surface area (Å²) in [5.74, 6) is -0.316. The minimum absolute atomic E-state index is 0.0968. The van der Waals surface area contributed by atoms with Crippen molar-refractivity contribution in [2.45, 2.75) is 26.8 Å². The first-order valence-electron chi connectivity index (χ1n) is 6.30. The van der Waals surface area contributed by atoms with Crippen LogP contribution >= 0.6 is 0 Å². The fourth-order valence-electron chi connectivity index (χ4n) is 1.60. The van der Waals surface area contributed by atoms with Crippen LogP contribution in [0.5, 0.6) is 0 Å². The van der Waals surface area contributed by atoms with Crippen LogP contribution in [0.2, 0.25) is 0 Å². The lowest BCUT2D eigenvalue weighted by atomic mass is 9.90. The van der Waals surface area contributed by atoms with Crippen LogP contribution in [-0.4, -0.2) is 24.3 Å². The number of benzene rings is 1. The van der Waals surface area contributed by atoms with E-state index in [1.807, 2.05) is 13.8 Å². The molecule has 106 valence electrons. The summed E-state index contributed by atoms with van der Waals surface area (Å²) in [7, 11) is 0. The first-order chi connectivity index (χ1) is 8.93. The molecule has 0 unspecified atom stereocenters. The highest BCUT2D eigenvalue weighted by Gasteiger charge is 2.17. The zero-order valence-corrected chi connectivity index (χ0v) is 11.4. The molecule has 1 rings (SSSR count). The van der Waals surface area contributed by atoms with Gasteiger partial charge in [0.05, 0.1) is 0 Å². The van der Waals surface area contributed by atoms with Gasteiger partial charge in [0.2, 0.25) is 0 Å². The van der Waals surface area contributed by atoms with Crippen molar-refractivity contribution in [1.29, 1.82) is 0 Å². The van der Waals surface area contributed by atoms with E-state index in [9.17, 15) is 9.18 Å². The van der Waals surface area contributed by atoms with Crippen molar-refractivity contribution in [2.24, 2.45) is 5.41 Å². The molecule has 19 heavy (non-hydrogen) atoms. The quantitative estimate of drug-likeness (QED) is 0.739. The van der Waals surface area contributed by atoms with Gasteiger partial charge in [-0.2, -0.15) is 0 Å². The average Bonchev–Trinajstić information content (AvgIpc) is 2.34. The molecular weight excluding hydrogens is 247 g/mol. The van der Waals surface area contributed by atoms with Crippen molar-refractivity contribution in [3.63, 3.8) is 0 Å². The third kappa shape index (κ3) is 6.20. The molecule has 0 spiro atoms. The van der Waals surface area contributed by atoms with E-state index >= 15 is 0 Å². The minimum Gasteiger partial charge on any atom is -0.396 e. The summed E-state index contributed by atoms with van der Waals surface area (Å²) in [6, 6.07) is 5.81. The zero-order chi connectivity index (χ0) is 14.3. The van der Waals surface area contributed by atoms with Gasteiger partial charge >= 0.3 is 6.03 Å². The molecule has 1 aromatic carbocycles. The fraction of sp³-hybridized carbons (Fsp3) is 0.500. The largest absolute Gasteiger partial charge is 0.396 e. The van der Waals surface area contributed by atoms with Crippen molar-refractivity contribution in [3.8, 4) is 0 Å². The minimum atomic E-state index is -0.316. The molecule has 2 amide bonds. The zero-order valence-electron chi connectivity index (χ0n) is 11.4. The summed E-state index contributed by atoms with van der Waals surface area (Å²) in [6.07, 6.45) is 0.622. The summed E-state index contributed by atoms with van der Waals surface area (Å²) in [5, 5.41) is 14.3. The predicted octanol–water partition coefficient (Wildman–Crippen LogP) is 2.03.